The summed E-state index contributed by atoms with van der Waals surface area (Å²) in [5.74, 6) is 2.33. The number of rotatable bonds is 11. The summed E-state index contributed by atoms with van der Waals surface area (Å²) in [6.45, 7) is 7.27. The standard InChI is InChI=1S/C22H32BrNO3/c1-7-10-16(17-13-19(23)22(27-6)14-21(17)26-5)18(15-24-12-9-3)20(25-4)11-8-2/h10-11,13-15,24H,7-9,12H2,1-6H3/b16-10+,18-15-,20-11+. The molecule has 0 aliphatic carbocycles. The number of benzene rings is 1. The Morgan fingerprint density at radius 1 is 1.00 bits per heavy atom. The summed E-state index contributed by atoms with van der Waals surface area (Å²) in [7, 11) is 5.03. The molecule has 1 N–H and O–H groups in total. The summed E-state index contributed by atoms with van der Waals surface area (Å²) in [5.41, 5.74) is 3.04. The van der Waals surface area contributed by atoms with E-state index in [1.165, 1.54) is 0 Å². The molecule has 0 saturated heterocycles. The second kappa shape index (κ2) is 12.5. The Bertz CT molecular complexity index is 693. The van der Waals surface area contributed by atoms with E-state index in [0.29, 0.717) is 0 Å². The molecule has 0 aliphatic rings. The minimum atomic E-state index is 0.733. The van der Waals surface area contributed by atoms with Crippen LogP contribution in [0.5, 0.6) is 11.5 Å². The van der Waals surface area contributed by atoms with E-state index in [4.69, 9.17) is 14.2 Å². The lowest BCUT2D eigenvalue weighted by Gasteiger charge is -2.19. The molecule has 0 aliphatic heterocycles. The minimum absolute atomic E-state index is 0.733. The Morgan fingerprint density at radius 2 is 1.67 bits per heavy atom. The molecule has 0 atom stereocenters. The first kappa shape index (κ1) is 23.2. The van der Waals surface area contributed by atoms with Crippen LogP contribution in [-0.2, 0) is 4.74 Å². The predicted molar refractivity (Wildman–Crippen MR) is 117 cm³/mol. The fourth-order valence-electron chi connectivity index (χ4n) is 2.73. The number of ether oxygens (including phenoxy) is 3. The highest BCUT2D eigenvalue weighted by Crippen LogP contribution is 2.40. The zero-order chi connectivity index (χ0) is 20.2. The number of methoxy groups -OCH3 is 3. The van der Waals surface area contributed by atoms with E-state index < -0.39 is 0 Å². The van der Waals surface area contributed by atoms with Crippen molar-refractivity contribution in [2.45, 2.75) is 40.0 Å². The first-order valence-corrected chi connectivity index (χ1v) is 10.2. The van der Waals surface area contributed by atoms with Crippen LogP contribution in [0.4, 0.5) is 0 Å². The predicted octanol–water partition coefficient (Wildman–Crippen LogP) is 6.08. The highest BCUT2D eigenvalue weighted by Gasteiger charge is 2.19. The lowest BCUT2D eigenvalue weighted by molar-refractivity contribution is 0.301. The average Bonchev–Trinajstić information content (AvgIpc) is 2.68. The molecule has 0 radical (unpaired) electrons. The van der Waals surface area contributed by atoms with Crippen LogP contribution in [0.2, 0.25) is 0 Å². The van der Waals surface area contributed by atoms with E-state index >= 15 is 0 Å². The monoisotopic (exact) mass is 437 g/mol. The van der Waals surface area contributed by atoms with Gasteiger partial charge in [0.05, 0.1) is 25.8 Å². The zero-order valence-corrected chi connectivity index (χ0v) is 18.9. The van der Waals surface area contributed by atoms with E-state index in [0.717, 1.165) is 64.2 Å². The SMILES string of the molecule is CC/C=C(C(=C/NCCC)/C(=C\CC)OC)\c1cc(Br)c(OC)cc1OC. The number of nitrogens with one attached hydrogen (secondary N) is 1. The molecule has 0 fully saturated rings. The maximum atomic E-state index is 5.72. The van der Waals surface area contributed by atoms with Crippen molar-refractivity contribution in [3.63, 3.8) is 0 Å². The fraction of sp³-hybridized carbons (Fsp3) is 0.455. The molecule has 0 bridgehead atoms. The van der Waals surface area contributed by atoms with Crippen LogP contribution in [0.3, 0.4) is 0 Å². The van der Waals surface area contributed by atoms with Gasteiger partial charge in [-0.25, -0.2) is 0 Å². The van der Waals surface area contributed by atoms with Crippen molar-refractivity contribution in [1.29, 1.82) is 0 Å². The molecule has 5 heteroatoms. The summed E-state index contributed by atoms with van der Waals surface area (Å²) in [6.07, 6.45) is 9.14. The molecule has 0 saturated carbocycles. The third-order valence-corrected chi connectivity index (χ3v) is 4.60. The minimum Gasteiger partial charge on any atom is -0.496 e. The molecular weight excluding hydrogens is 406 g/mol. The molecular formula is C22H32BrNO3. The van der Waals surface area contributed by atoms with Crippen molar-refractivity contribution in [3.05, 3.63) is 51.9 Å². The van der Waals surface area contributed by atoms with Gasteiger partial charge in [-0.2, -0.15) is 0 Å². The van der Waals surface area contributed by atoms with Crippen molar-refractivity contribution in [1.82, 2.24) is 5.32 Å². The zero-order valence-electron chi connectivity index (χ0n) is 17.3. The second-order valence-corrected chi connectivity index (χ2v) is 6.76. The van der Waals surface area contributed by atoms with Crippen LogP contribution >= 0.6 is 15.9 Å². The van der Waals surface area contributed by atoms with Crippen LogP contribution < -0.4 is 14.8 Å². The Labute approximate surface area is 172 Å². The highest BCUT2D eigenvalue weighted by atomic mass is 79.9. The summed E-state index contributed by atoms with van der Waals surface area (Å²) in [5, 5.41) is 3.39. The maximum absolute atomic E-state index is 5.72. The Kier molecular flexibility index (Phi) is 10.7. The molecule has 1 aromatic carbocycles. The van der Waals surface area contributed by atoms with Gasteiger partial charge in [0.2, 0.25) is 0 Å². The van der Waals surface area contributed by atoms with Gasteiger partial charge in [0.25, 0.3) is 0 Å². The van der Waals surface area contributed by atoms with Gasteiger partial charge in [-0.15, -0.1) is 0 Å². The van der Waals surface area contributed by atoms with Crippen LogP contribution in [0.25, 0.3) is 5.57 Å². The van der Waals surface area contributed by atoms with E-state index in [-0.39, 0.29) is 0 Å². The smallest absolute Gasteiger partial charge is 0.136 e. The van der Waals surface area contributed by atoms with E-state index in [1.54, 1.807) is 21.3 Å². The number of hydrogen-bond donors (Lipinski definition) is 1. The quantitative estimate of drug-likeness (QED) is 0.258. The second-order valence-electron chi connectivity index (χ2n) is 5.91. The molecule has 4 nitrogen and oxygen atoms in total. The van der Waals surface area contributed by atoms with Gasteiger partial charge in [0, 0.05) is 29.9 Å². The van der Waals surface area contributed by atoms with Crippen molar-refractivity contribution >= 4 is 21.5 Å². The van der Waals surface area contributed by atoms with E-state index in [2.05, 4.69) is 54.2 Å². The van der Waals surface area contributed by atoms with Crippen molar-refractivity contribution in [2.24, 2.45) is 0 Å². The third-order valence-electron chi connectivity index (χ3n) is 3.98. The van der Waals surface area contributed by atoms with E-state index in [9.17, 15) is 0 Å². The van der Waals surface area contributed by atoms with Crippen LogP contribution in [-0.4, -0.2) is 27.9 Å². The van der Waals surface area contributed by atoms with E-state index in [1.807, 2.05) is 18.3 Å². The summed E-state index contributed by atoms with van der Waals surface area (Å²) < 4.78 is 17.7. The lowest BCUT2D eigenvalue weighted by atomic mass is 9.94. The van der Waals surface area contributed by atoms with Crippen molar-refractivity contribution < 1.29 is 14.2 Å². The maximum Gasteiger partial charge on any atom is 0.136 e. The van der Waals surface area contributed by atoms with Crippen molar-refractivity contribution in [3.8, 4) is 11.5 Å². The lowest BCUT2D eigenvalue weighted by Crippen LogP contribution is -2.10. The van der Waals surface area contributed by atoms with Gasteiger partial charge in [0.15, 0.2) is 0 Å². The van der Waals surface area contributed by atoms with Gasteiger partial charge in [-0.05, 0) is 52.9 Å². The molecule has 0 unspecified atom stereocenters. The molecule has 0 aromatic heterocycles. The average molecular weight is 438 g/mol. The topological polar surface area (TPSA) is 39.7 Å². The number of hydrogen-bond acceptors (Lipinski definition) is 4. The molecule has 0 heterocycles. The van der Waals surface area contributed by atoms with Gasteiger partial charge in [-0.3, -0.25) is 0 Å². The summed E-state index contributed by atoms with van der Waals surface area (Å²) in [4.78, 5) is 0. The third kappa shape index (κ3) is 6.35. The number of allylic oxidation sites excluding steroid dienone is 3. The first-order valence-electron chi connectivity index (χ1n) is 9.38. The van der Waals surface area contributed by atoms with Gasteiger partial charge < -0.3 is 19.5 Å². The summed E-state index contributed by atoms with van der Waals surface area (Å²) in [6, 6.07) is 3.93. The van der Waals surface area contributed by atoms with Crippen LogP contribution in [0.1, 0.15) is 45.6 Å². The Morgan fingerprint density at radius 3 is 2.19 bits per heavy atom. The number of halogens is 1. The molecule has 1 rings (SSSR count). The largest absolute Gasteiger partial charge is 0.496 e. The Balaban J connectivity index is 3.63. The first-order chi connectivity index (χ1) is 13.1. The molecule has 27 heavy (non-hydrogen) atoms. The fourth-order valence-corrected chi connectivity index (χ4v) is 3.23. The molecule has 150 valence electrons. The molecule has 0 spiro atoms. The van der Waals surface area contributed by atoms with Gasteiger partial charge in [0.1, 0.15) is 17.3 Å². The molecule has 1 aromatic rings. The van der Waals surface area contributed by atoms with Crippen molar-refractivity contribution in [2.75, 3.05) is 27.9 Å². The van der Waals surface area contributed by atoms with Gasteiger partial charge >= 0.3 is 0 Å². The van der Waals surface area contributed by atoms with Crippen LogP contribution in [0, 0.1) is 0 Å². The normalized spacial score (nSPS) is 12.8. The van der Waals surface area contributed by atoms with Crippen LogP contribution in [0.15, 0.2) is 46.3 Å². The Hall–Kier alpha value is -1.88. The van der Waals surface area contributed by atoms with Gasteiger partial charge in [-0.1, -0.05) is 26.8 Å². The highest BCUT2D eigenvalue weighted by molar-refractivity contribution is 9.10. The summed E-state index contributed by atoms with van der Waals surface area (Å²) >= 11 is 3.60. The molecule has 0 amide bonds.